The molecule has 0 bridgehead atoms. The van der Waals surface area contributed by atoms with Crippen LogP contribution >= 0.6 is 9.24 Å². The van der Waals surface area contributed by atoms with E-state index in [9.17, 15) is 22.0 Å². The summed E-state index contributed by atoms with van der Waals surface area (Å²) in [6.07, 6.45) is -4.51. The van der Waals surface area contributed by atoms with Crippen molar-refractivity contribution in [3.8, 4) is 6.07 Å². The van der Waals surface area contributed by atoms with E-state index in [1.807, 2.05) is 0 Å². The van der Waals surface area contributed by atoms with Gasteiger partial charge in [0.1, 0.15) is 6.54 Å². The minimum absolute atomic E-state index is 0.0303. The van der Waals surface area contributed by atoms with E-state index in [2.05, 4.69) is 0 Å². The molecule has 8 heteroatoms. The van der Waals surface area contributed by atoms with Gasteiger partial charge in [0.05, 0.1) is 11.6 Å². The minimum atomic E-state index is -4.51. The summed E-state index contributed by atoms with van der Waals surface area (Å²) in [5, 5.41) is 8.95. The Hall–Kier alpha value is -2.19. The summed E-state index contributed by atoms with van der Waals surface area (Å²) < 4.78 is 66.1. The van der Waals surface area contributed by atoms with Gasteiger partial charge in [-0.1, -0.05) is 39.6 Å². The molecule has 2 aromatic rings. The minimum Gasteiger partial charge on any atom is -0.358 e. The van der Waals surface area contributed by atoms with Gasteiger partial charge in [-0.05, 0) is 23.8 Å². The molecule has 25 heavy (non-hydrogen) atoms. The monoisotopic (exact) mass is 372 g/mol. The molecule has 0 aliphatic rings. The highest BCUT2D eigenvalue weighted by molar-refractivity contribution is 7.17. The van der Waals surface area contributed by atoms with Crippen molar-refractivity contribution >= 4 is 14.9 Å². The number of alkyl halides is 5. The van der Waals surface area contributed by atoms with Crippen LogP contribution in [0.1, 0.15) is 16.7 Å². The number of nitriles is 1. The van der Waals surface area contributed by atoms with Crippen molar-refractivity contribution in [1.29, 1.82) is 5.26 Å². The summed E-state index contributed by atoms with van der Waals surface area (Å²) in [5.41, 5.74) is -3.75. The number of halogens is 5. The fraction of sp³-hybridized carbons (Fsp3) is 0.235. The molecule has 132 valence electrons. The molecule has 0 N–H and O–H groups in total. The summed E-state index contributed by atoms with van der Waals surface area (Å²) in [7, 11) is 1.30. The second kappa shape index (κ2) is 7.37. The van der Waals surface area contributed by atoms with Crippen LogP contribution in [0.3, 0.4) is 0 Å². The Morgan fingerprint density at radius 2 is 1.64 bits per heavy atom. The molecule has 0 fully saturated rings. The van der Waals surface area contributed by atoms with Gasteiger partial charge in [0, 0.05) is 17.8 Å². The van der Waals surface area contributed by atoms with E-state index in [0.29, 0.717) is 5.56 Å². The third kappa shape index (κ3) is 5.40. The second-order valence-corrected chi connectivity index (χ2v) is 6.15. The summed E-state index contributed by atoms with van der Waals surface area (Å²) in [6, 6.07) is 13.3. The van der Waals surface area contributed by atoms with Crippen molar-refractivity contribution in [1.82, 2.24) is 0 Å². The lowest BCUT2D eigenvalue weighted by Gasteiger charge is -2.27. The van der Waals surface area contributed by atoms with Crippen LogP contribution in [0.25, 0.3) is 0 Å². The first-order valence-electron chi connectivity index (χ1n) is 7.17. The largest absolute Gasteiger partial charge is 0.405 e. The Bertz CT molecular complexity index is 763. The smallest absolute Gasteiger partial charge is 0.358 e. The van der Waals surface area contributed by atoms with Crippen LogP contribution in [0.2, 0.25) is 0 Å². The van der Waals surface area contributed by atoms with Gasteiger partial charge in [0.25, 0.3) is 5.66 Å². The van der Waals surface area contributed by atoms with Crippen LogP contribution in [0.4, 0.5) is 27.6 Å². The number of rotatable bonds is 5. The predicted octanol–water partition coefficient (Wildman–Crippen LogP) is 5.05. The SMILES string of the molecule is N#Cc1ccc(N(Cc2ccccc2)CC(F)(F)F)cc1C(F)(F)P. The fourth-order valence-corrected chi connectivity index (χ4v) is 2.60. The Labute approximate surface area is 144 Å². The average Bonchev–Trinajstić information content (AvgIpc) is 2.52. The summed E-state index contributed by atoms with van der Waals surface area (Å²) in [4.78, 5) is 0.955. The highest BCUT2D eigenvalue weighted by Crippen LogP contribution is 2.39. The number of hydrogen-bond donors (Lipinski definition) is 0. The van der Waals surface area contributed by atoms with Crippen LogP contribution in [0.5, 0.6) is 0 Å². The van der Waals surface area contributed by atoms with Crippen LogP contribution in [-0.2, 0) is 12.2 Å². The molecule has 1 atom stereocenters. The van der Waals surface area contributed by atoms with Crippen molar-refractivity contribution in [2.24, 2.45) is 0 Å². The lowest BCUT2D eigenvalue weighted by atomic mass is 10.1. The molecule has 2 rings (SSSR count). The summed E-state index contributed by atoms with van der Waals surface area (Å²) in [5.74, 6) is 0. The topological polar surface area (TPSA) is 27.0 Å². The van der Waals surface area contributed by atoms with Gasteiger partial charge in [0.15, 0.2) is 0 Å². The zero-order chi connectivity index (χ0) is 18.7. The lowest BCUT2D eigenvalue weighted by molar-refractivity contribution is -0.119. The predicted molar refractivity (Wildman–Crippen MR) is 88.3 cm³/mol. The van der Waals surface area contributed by atoms with Crippen molar-refractivity contribution in [2.45, 2.75) is 18.4 Å². The van der Waals surface area contributed by atoms with Crippen molar-refractivity contribution < 1.29 is 22.0 Å². The Balaban J connectivity index is 2.45. The molecule has 1 unspecified atom stereocenters. The molecular weight excluding hydrogens is 358 g/mol. The zero-order valence-corrected chi connectivity index (χ0v) is 14.0. The Morgan fingerprint density at radius 1 is 1.00 bits per heavy atom. The molecule has 0 radical (unpaired) electrons. The number of anilines is 1. The number of nitrogens with zero attached hydrogens (tertiary/aromatic N) is 2. The molecule has 0 spiro atoms. The maximum absolute atomic E-state index is 13.7. The molecule has 0 saturated heterocycles. The second-order valence-electron chi connectivity index (χ2n) is 5.42. The first kappa shape index (κ1) is 19.1. The van der Waals surface area contributed by atoms with E-state index in [-0.39, 0.29) is 17.8 Å². The van der Waals surface area contributed by atoms with Gasteiger partial charge < -0.3 is 4.90 Å². The van der Waals surface area contributed by atoms with Gasteiger partial charge in [-0.2, -0.15) is 27.2 Å². The molecule has 0 aliphatic carbocycles. The van der Waals surface area contributed by atoms with Gasteiger partial charge >= 0.3 is 6.18 Å². The molecule has 0 aromatic heterocycles. The first-order chi connectivity index (χ1) is 11.6. The Morgan fingerprint density at radius 3 is 2.16 bits per heavy atom. The summed E-state index contributed by atoms with van der Waals surface area (Å²) >= 11 is 0. The number of benzene rings is 2. The molecule has 2 aromatic carbocycles. The van der Waals surface area contributed by atoms with Gasteiger partial charge in [-0.15, -0.1) is 0 Å². The van der Waals surface area contributed by atoms with E-state index in [0.717, 1.165) is 17.0 Å². The van der Waals surface area contributed by atoms with Crippen LogP contribution in [0, 0.1) is 11.3 Å². The molecule has 0 heterocycles. The highest BCUT2D eigenvalue weighted by Gasteiger charge is 2.33. The molecule has 0 amide bonds. The normalized spacial score (nSPS) is 11.9. The quantitative estimate of drug-likeness (QED) is 0.542. The maximum atomic E-state index is 13.7. The van der Waals surface area contributed by atoms with E-state index < -0.39 is 23.9 Å². The van der Waals surface area contributed by atoms with Crippen molar-refractivity contribution in [2.75, 3.05) is 11.4 Å². The molecule has 2 nitrogen and oxygen atoms in total. The average molecular weight is 372 g/mol. The van der Waals surface area contributed by atoms with Crippen LogP contribution in [0.15, 0.2) is 48.5 Å². The van der Waals surface area contributed by atoms with E-state index in [4.69, 9.17) is 5.26 Å². The van der Waals surface area contributed by atoms with Crippen molar-refractivity contribution in [3.05, 3.63) is 65.2 Å². The standard InChI is InChI=1S/C17H14F5N2P/c18-16(19,20)11-24(10-12-4-2-1-3-5-12)14-7-6-13(9-23)15(8-14)17(21,22)25/h1-8H,10-11,25H2. The van der Waals surface area contributed by atoms with Crippen LogP contribution in [-0.4, -0.2) is 12.7 Å². The first-order valence-corrected chi connectivity index (χ1v) is 7.75. The van der Waals surface area contributed by atoms with E-state index >= 15 is 0 Å². The zero-order valence-electron chi connectivity index (χ0n) is 12.9. The maximum Gasteiger partial charge on any atom is 0.405 e. The van der Waals surface area contributed by atoms with Gasteiger partial charge in [0.2, 0.25) is 0 Å². The summed E-state index contributed by atoms with van der Waals surface area (Å²) in [6.45, 7) is -1.40. The van der Waals surface area contributed by atoms with Gasteiger partial charge in [-0.25, -0.2) is 0 Å². The fourth-order valence-electron chi connectivity index (χ4n) is 2.36. The number of hydrogen-bond acceptors (Lipinski definition) is 2. The highest BCUT2D eigenvalue weighted by atomic mass is 31.0. The third-order valence-electron chi connectivity index (χ3n) is 3.43. The molecule has 0 saturated carbocycles. The van der Waals surface area contributed by atoms with Gasteiger partial charge in [-0.3, -0.25) is 0 Å². The lowest BCUT2D eigenvalue weighted by Crippen LogP contribution is -2.34. The molecule has 0 aliphatic heterocycles. The van der Waals surface area contributed by atoms with E-state index in [1.54, 1.807) is 36.4 Å². The molecular formula is C17H14F5N2P. The Kier molecular flexibility index (Phi) is 5.64. The van der Waals surface area contributed by atoms with Crippen molar-refractivity contribution in [3.63, 3.8) is 0 Å². The van der Waals surface area contributed by atoms with Crippen LogP contribution < -0.4 is 4.90 Å². The third-order valence-corrected chi connectivity index (χ3v) is 3.75. The van der Waals surface area contributed by atoms with E-state index in [1.165, 1.54) is 15.3 Å².